The lowest BCUT2D eigenvalue weighted by molar-refractivity contribution is 0.261. The molecule has 0 spiro atoms. The van der Waals surface area contributed by atoms with Gasteiger partial charge in [0.25, 0.3) is 5.89 Å². The fraction of sp³-hybridized carbons (Fsp3) is 0.263. The van der Waals surface area contributed by atoms with Crippen molar-refractivity contribution in [3.8, 4) is 17.2 Å². The van der Waals surface area contributed by atoms with Crippen molar-refractivity contribution in [3.05, 3.63) is 64.5 Å². The number of aryl methyl sites for hydroxylation is 4. The standard InChI is InChI=1S/C19H20N2O2/c1-12-5-7-16(8-6-12)19-21-20-17(23-19)11-22-18-14(3)9-13(2)10-15(18)4/h5-10H,11H2,1-4H3. The topological polar surface area (TPSA) is 48.2 Å². The molecule has 0 unspecified atom stereocenters. The first-order valence-corrected chi connectivity index (χ1v) is 7.63. The normalized spacial score (nSPS) is 10.8. The molecule has 2 aromatic carbocycles. The molecular formula is C19H20N2O2. The zero-order valence-corrected chi connectivity index (χ0v) is 13.9. The third-order valence-electron chi connectivity index (χ3n) is 3.71. The highest BCUT2D eigenvalue weighted by atomic mass is 16.5. The summed E-state index contributed by atoms with van der Waals surface area (Å²) in [6.07, 6.45) is 0. The monoisotopic (exact) mass is 308 g/mol. The molecule has 1 heterocycles. The van der Waals surface area contributed by atoms with Crippen molar-refractivity contribution in [1.29, 1.82) is 0 Å². The van der Waals surface area contributed by atoms with Crippen LogP contribution >= 0.6 is 0 Å². The predicted octanol–water partition coefficient (Wildman–Crippen LogP) is 4.55. The van der Waals surface area contributed by atoms with Crippen LogP contribution in [-0.2, 0) is 6.61 Å². The van der Waals surface area contributed by atoms with Crippen LogP contribution in [0, 0.1) is 27.7 Å². The molecule has 0 radical (unpaired) electrons. The van der Waals surface area contributed by atoms with Crippen LogP contribution in [0.3, 0.4) is 0 Å². The first kappa shape index (κ1) is 15.3. The quantitative estimate of drug-likeness (QED) is 0.709. The minimum Gasteiger partial charge on any atom is -0.483 e. The minimum absolute atomic E-state index is 0.267. The fourth-order valence-electron chi connectivity index (χ4n) is 2.65. The van der Waals surface area contributed by atoms with E-state index in [1.54, 1.807) is 0 Å². The van der Waals surface area contributed by atoms with Crippen LogP contribution in [0.2, 0.25) is 0 Å². The van der Waals surface area contributed by atoms with Gasteiger partial charge in [-0.1, -0.05) is 35.4 Å². The van der Waals surface area contributed by atoms with Crippen molar-refractivity contribution in [2.24, 2.45) is 0 Å². The summed E-state index contributed by atoms with van der Waals surface area (Å²) in [5.74, 6) is 1.87. The number of nitrogens with zero attached hydrogens (tertiary/aromatic N) is 2. The molecule has 23 heavy (non-hydrogen) atoms. The van der Waals surface area contributed by atoms with Gasteiger partial charge in [-0.05, 0) is 51.0 Å². The van der Waals surface area contributed by atoms with Gasteiger partial charge in [-0.3, -0.25) is 0 Å². The van der Waals surface area contributed by atoms with Gasteiger partial charge in [0.2, 0.25) is 5.89 Å². The maximum atomic E-state index is 5.88. The van der Waals surface area contributed by atoms with Crippen LogP contribution < -0.4 is 4.74 Å². The van der Waals surface area contributed by atoms with E-state index in [1.807, 2.05) is 45.0 Å². The zero-order chi connectivity index (χ0) is 16.4. The molecule has 1 aromatic heterocycles. The lowest BCUT2D eigenvalue weighted by Gasteiger charge is -2.11. The number of aromatic nitrogens is 2. The van der Waals surface area contributed by atoms with Crippen molar-refractivity contribution in [1.82, 2.24) is 10.2 Å². The second-order valence-corrected chi connectivity index (χ2v) is 5.88. The van der Waals surface area contributed by atoms with Crippen LogP contribution in [0.25, 0.3) is 11.5 Å². The Labute approximate surface area is 136 Å². The maximum Gasteiger partial charge on any atom is 0.254 e. The van der Waals surface area contributed by atoms with E-state index in [-0.39, 0.29) is 6.61 Å². The summed E-state index contributed by atoms with van der Waals surface area (Å²) < 4.78 is 11.6. The summed E-state index contributed by atoms with van der Waals surface area (Å²) in [6.45, 7) is 8.48. The van der Waals surface area contributed by atoms with Crippen molar-refractivity contribution in [2.45, 2.75) is 34.3 Å². The number of ether oxygens (including phenoxy) is 1. The highest BCUT2D eigenvalue weighted by Crippen LogP contribution is 2.26. The molecule has 0 amide bonds. The van der Waals surface area contributed by atoms with E-state index in [9.17, 15) is 0 Å². The van der Waals surface area contributed by atoms with Crippen molar-refractivity contribution >= 4 is 0 Å². The average molecular weight is 308 g/mol. The first-order chi connectivity index (χ1) is 11.0. The Morgan fingerprint density at radius 1 is 0.870 bits per heavy atom. The third-order valence-corrected chi connectivity index (χ3v) is 3.71. The minimum atomic E-state index is 0.267. The molecule has 0 fully saturated rings. The van der Waals surface area contributed by atoms with Gasteiger partial charge in [0.15, 0.2) is 6.61 Å². The Bertz CT molecular complexity index is 797. The van der Waals surface area contributed by atoms with Crippen LogP contribution in [-0.4, -0.2) is 10.2 Å². The number of hydrogen-bond acceptors (Lipinski definition) is 4. The van der Waals surface area contributed by atoms with Gasteiger partial charge in [0.05, 0.1) is 0 Å². The Balaban J connectivity index is 1.74. The molecule has 0 saturated carbocycles. The van der Waals surface area contributed by atoms with Gasteiger partial charge >= 0.3 is 0 Å². The van der Waals surface area contributed by atoms with Crippen LogP contribution in [0.15, 0.2) is 40.8 Å². The van der Waals surface area contributed by atoms with Gasteiger partial charge in [-0.2, -0.15) is 0 Å². The summed E-state index contributed by atoms with van der Waals surface area (Å²) in [5.41, 5.74) is 5.56. The Morgan fingerprint density at radius 3 is 2.17 bits per heavy atom. The molecule has 0 aliphatic heterocycles. The molecule has 4 nitrogen and oxygen atoms in total. The van der Waals surface area contributed by atoms with E-state index >= 15 is 0 Å². The number of rotatable bonds is 4. The number of benzene rings is 2. The van der Waals surface area contributed by atoms with Crippen molar-refractivity contribution in [3.63, 3.8) is 0 Å². The molecule has 0 atom stereocenters. The van der Waals surface area contributed by atoms with Crippen molar-refractivity contribution < 1.29 is 9.15 Å². The average Bonchev–Trinajstić information content (AvgIpc) is 2.96. The molecule has 0 saturated heterocycles. The van der Waals surface area contributed by atoms with Gasteiger partial charge in [0, 0.05) is 5.56 Å². The van der Waals surface area contributed by atoms with Gasteiger partial charge in [-0.25, -0.2) is 0 Å². The molecule has 118 valence electrons. The summed E-state index contributed by atoms with van der Waals surface area (Å²) in [4.78, 5) is 0. The molecule has 3 rings (SSSR count). The SMILES string of the molecule is Cc1ccc(-c2nnc(COc3c(C)cc(C)cc3C)o2)cc1. The molecule has 0 aliphatic carbocycles. The fourth-order valence-corrected chi connectivity index (χ4v) is 2.65. The second kappa shape index (κ2) is 6.24. The summed E-state index contributed by atoms with van der Waals surface area (Å²) in [5, 5.41) is 8.16. The van der Waals surface area contributed by atoms with E-state index in [0.29, 0.717) is 11.8 Å². The Morgan fingerprint density at radius 2 is 1.52 bits per heavy atom. The molecule has 4 heteroatoms. The molecular weight excluding hydrogens is 288 g/mol. The molecule has 0 N–H and O–H groups in total. The third kappa shape index (κ3) is 3.42. The smallest absolute Gasteiger partial charge is 0.254 e. The molecule has 3 aromatic rings. The summed E-state index contributed by atoms with van der Waals surface area (Å²) >= 11 is 0. The molecule has 0 bridgehead atoms. The summed E-state index contributed by atoms with van der Waals surface area (Å²) in [6, 6.07) is 12.2. The predicted molar refractivity (Wildman–Crippen MR) is 89.5 cm³/mol. The van der Waals surface area contributed by atoms with E-state index in [0.717, 1.165) is 22.4 Å². The Kier molecular flexibility index (Phi) is 4.15. The second-order valence-electron chi connectivity index (χ2n) is 5.88. The lowest BCUT2D eigenvalue weighted by Crippen LogP contribution is -1.99. The van der Waals surface area contributed by atoms with Crippen LogP contribution in [0.5, 0.6) is 5.75 Å². The van der Waals surface area contributed by atoms with Crippen LogP contribution in [0.4, 0.5) is 0 Å². The van der Waals surface area contributed by atoms with Crippen LogP contribution in [0.1, 0.15) is 28.1 Å². The van der Waals surface area contributed by atoms with E-state index in [2.05, 4.69) is 29.3 Å². The van der Waals surface area contributed by atoms with Crippen molar-refractivity contribution in [2.75, 3.05) is 0 Å². The lowest BCUT2D eigenvalue weighted by atomic mass is 10.1. The summed E-state index contributed by atoms with van der Waals surface area (Å²) in [7, 11) is 0. The number of hydrogen-bond donors (Lipinski definition) is 0. The van der Waals surface area contributed by atoms with E-state index in [1.165, 1.54) is 11.1 Å². The highest BCUT2D eigenvalue weighted by molar-refractivity contribution is 5.52. The highest BCUT2D eigenvalue weighted by Gasteiger charge is 2.11. The largest absolute Gasteiger partial charge is 0.483 e. The Hall–Kier alpha value is -2.62. The van der Waals surface area contributed by atoms with E-state index in [4.69, 9.17) is 9.15 Å². The van der Waals surface area contributed by atoms with Gasteiger partial charge in [0.1, 0.15) is 5.75 Å². The van der Waals surface area contributed by atoms with Gasteiger partial charge < -0.3 is 9.15 Å². The zero-order valence-electron chi connectivity index (χ0n) is 13.9. The maximum absolute atomic E-state index is 5.88. The van der Waals surface area contributed by atoms with Gasteiger partial charge in [-0.15, -0.1) is 10.2 Å². The van der Waals surface area contributed by atoms with E-state index < -0.39 is 0 Å². The molecule has 0 aliphatic rings. The first-order valence-electron chi connectivity index (χ1n) is 7.63.